The van der Waals surface area contributed by atoms with Gasteiger partial charge in [0.25, 0.3) is 0 Å². The van der Waals surface area contributed by atoms with Gasteiger partial charge in [0.05, 0.1) is 24.4 Å². The van der Waals surface area contributed by atoms with E-state index < -0.39 is 24.4 Å². The maximum absolute atomic E-state index is 12.2. The van der Waals surface area contributed by atoms with Crippen LogP contribution in [0.25, 0.3) is 0 Å². The maximum Gasteiger partial charge on any atom is 0.139 e. The molecule has 5 heteroatoms. The van der Waals surface area contributed by atoms with Crippen LogP contribution in [-0.2, 0) is 4.79 Å². The molecule has 0 spiro atoms. The van der Waals surface area contributed by atoms with E-state index in [9.17, 15) is 20.1 Å². The Morgan fingerprint density at radius 1 is 1.16 bits per heavy atom. The summed E-state index contributed by atoms with van der Waals surface area (Å²) in [5.74, 6) is 0.184. The second-order valence-corrected chi connectivity index (χ2v) is 6.92. The molecule has 0 radical (unpaired) electrons. The molecule has 0 aromatic heterocycles. The molecule has 0 aromatic carbocycles. The van der Waals surface area contributed by atoms with Crippen LogP contribution in [0.3, 0.4) is 0 Å². The van der Waals surface area contributed by atoms with Gasteiger partial charge < -0.3 is 15.3 Å². The topological polar surface area (TPSA) is 81.0 Å². The van der Waals surface area contributed by atoms with Crippen LogP contribution in [0.5, 0.6) is 0 Å². The average Bonchev–Trinajstić information content (AvgIpc) is 2.59. The number of aliphatic hydroxyl groups excluding tert-OH is 3. The Kier molecular flexibility index (Phi) is 4.02. The summed E-state index contributed by atoms with van der Waals surface area (Å²) in [4.78, 5) is 14.1. The first kappa shape index (κ1) is 14.9. The van der Waals surface area contributed by atoms with E-state index in [0.29, 0.717) is 19.4 Å². The number of hydrogen-bond donors (Lipinski definition) is 3. The number of ketones is 1. The van der Waals surface area contributed by atoms with Crippen molar-refractivity contribution in [3.05, 3.63) is 0 Å². The molecule has 3 N–H and O–H groups in total. The zero-order valence-electron chi connectivity index (χ0n) is 11.9. The first-order valence-corrected chi connectivity index (χ1v) is 7.05. The molecule has 2 fully saturated rings. The fraction of sp³-hybridized carbons (Fsp3) is 0.929. The molecule has 5 atom stereocenters. The van der Waals surface area contributed by atoms with Crippen LogP contribution in [0, 0.1) is 5.41 Å². The van der Waals surface area contributed by atoms with Gasteiger partial charge in [0.1, 0.15) is 5.78 Å². The minimum Gasteiger partial charge on any atom is -0.391 e. The van der Waals surface area contributed by atoms with Crippen LogP contribution in [-0.4, -0.2) is 62.9 Å². The zero-order valence-corrected chi connectivity index (χ0v) is 11.9. The molecule has 2 aliphatic rings. The molecule has 0 aliphatic carbocycles. The van der Waals surface area contributed by atoms with E-state index in [-0.39, 0.29) is 17.2 Å². The summed E-state index contributed by atoms with van der Waals surface area (Å²) in [6.45, 7) is 6.04. The van der Waals surface area contributed by atoms with E-state index in [1.54, 1.807) is 0 Å². The zero-order chi connectivity index (χ0) is 14.4. The summed E-state index contributed by atoms with van der Waals surface area (Å²) < 4.78 is 0. The predicted octanol–water partition coefficient (Wildman–Crippen LogP) is -0.0790. The molecular formula is C14H25NO4. The minimum absolute atomic E-state index is 0.0203. The van der Waals surface area contributed by atoms with Crippen LogP contribution >= 0.6 is 0 Å². The molecule has 0 amide bonds. The van der Waals surface area contributed by atoms with Crippen LogP contribution in [0.4, 0.5) is 0 Å². The Hall–Kier alpha value is -0.490. The standard InChI is InChI=1S/C14H25NO4/c1-14(2,3)11(18)6-8-4-5-9(16)12-13(19)10(17)7-15(8)12/h8-10,12-13,16-17,19H,4-7H2,1-3H3/t8-,9+,10+,12+,13+/m0/s1. The number of carbonyl (C=O) groups excluding carboxylic acids is 1. The summed E-state index contributed by atoms with van der Waals surface area (Å²) in [7, 11) is 0. The molecule has 2 saturated heterocycles. The minimum atomic E-state index is -0.914. The van der Waals surface area contributed by atoms with Crippen molar-refractivity contribution in [2.75, 3.05) is 6.54 Å². The number of hydrogen-bond acceptors (Lipinski definition) is 5. The van der Waals surface area contributed by atoms with Gasteiger partial charge in [-0.2, -0.15) is 0 Å². The fourth-order valence-corrected chi connectivity index (χ4v) is 3.15. The lowest BCUT2D eigenvalue weighted by Gasteiger charge is -2.41. The van der Waals surface area contributed by atoms with E-state index >= 15 is 0 Å². The van der Waals surface area contributed by atoms with Crippen molar-refractivity contribution in [2.24, 2.45) is 5.41 Å². The van der Waals surface area contributed by atoms with Gasteiger partial charge in [0.15, 0.2) is 0 Å². The lowest BCUT2D eigenvalue weighted by molar-refractivity contribution is -0.129. The SMILES string of the molecule is CC(C)(C)C(=O)C[C@@H]1CC[C@@H](O)[C@@H]2[C@H](O)[C@H](O)CN12. The molecule has 19 heavy (non-hydrogen) atoms. The highest BCUT2D eigenvalue weighted by Crippen LogP contribution is 2.34. The summed E-state index contributed by atoms with van der Waals surface area (Å²) in [5, 5.41) is 29.7. The molecule has 5 nitrogen and oxygen atoms in total. The Bertz CT molecular complexity index is 352. The van der Waals surface area contributed by atoms with Gasteiger partial charge >= 0.3 is 0 Å². The molecule has 0 unspecified atom stereocenters. The Morgan fingerprint density at radius 2 is 1.79 bits per heavy atom. The van der Waals surface area contributed by atoms with Crippen LogP contribution < -0.4 is 0 Å². The highest BCUT2D eigenvalue weighted by molar-refractivity contribution is 5.84. The molecule has 2 heterocycles. The first-order chi connectivity index (χ1) is 8.71. The van der Waals surface area contributed by atoms with E-state index in [1.807, 2.05) is 25.7 Å². The number of rotatable bonds is 2. The molecule has 0 aromatic rings. The van der Waals surface area contributed by atoms with Gasteiger partial charge in [-0.15, -0.1) is 0 Å². The highest BCUT2D eigenvalue weighted by atomic mass is 16.3. The quantitative estimate of drug-likeness (QED) is 0.654. The van der Waals surface area contributed by atoms with Crippen molar-refractivity contribution >= 4 is 5.78 Å². The summed E-state index contributed by atoms with van der Waals surface area (Å²) >= 11 is 0. The van der Waals surface area contributed by atoms with Crippen molar-refractivity contribution in [3.63, 3.8) is 0 Å². The van der Waals surface area contributed by atoms with Crippen molar-refractivity contribution < 1.29 is 20.1 Å². The lowest BCUT2D eigenvalue weighted by Crippen LogP contribution is -2.54. The predicted molar refractivity (Wildman–Crippen MR) is 70.6 cm³/mol. The van der Waals surface area contributed by atoms with Crippen molar-refractivity contribution in [1.29, 1.82) is 0 Å². The second-order valence-electron chi connectivity index (χ2n) is 6.92. The highest BCUT2D eigenvalue weighted by Gasteiger charge is 2.49. The second kappa shape index (κ2) is 5.13. The van der Waals surface area contributed by atoms with Crippen LogP contribution in [0.2, 0.25) is 0 Å². The summed E-state index contributed by atoms with van der Waals surface area (Å²) in [6, 6.07) is -0.409. The third-order valence-corrected chi connectivity index (χ3v) is 4.44. The Balaban J connectivity index is 2.09. The van der Waals surface area contributed by atoms with E-state index in [4.69, 9.17) is 0 Å². The molecule has 2 aliphatic heterocycles. The number of fused-ring (bicyclic) bond motifs is 1. The van der Waals surface area contributed by atoms with Gasteiger partial charge in [-0.25, -0.2) is 0 Å². The monoisotopic (exact) mass is 271 g/mol. The smallest absolute Gasteiger partial charge is 0.139 e. The van der Waals surface area contributed by atoms with Gasteiger partial charge in [-0.3, -0.25) is 9.69 Å². The lowest BCUT2D eigenvalue weighted by atomic mass is 9.83. The third-order valence-electron chi connectivity index (χ3n) is 4.44. The van der Waals surface area contributed by atoms with Gasteiger partial charge in [0, 0.05) is 24.4 Å². The molecule has 110 valence electrons. The average molecular weight is 271 g/mol. The number of carbonyl (C=O) groups is 1. The summed E-state index contributed by atoms with van der Waals surface area (Å²) in [6.07, 6.45) is -0.626. The van der Waals surface area contributed by atoms with Gasteiger partial charge in [0.2, 0.25) is 0 Å². The van der Waals surface area contributed by atoms with E-state index in [0.717, 1.165) is 6.42 Å². The third kappa shape index (κ3) is 2.84. The molecule has 2 rings (SSSR count). The van der Waals surface area contributed by atoms with Crippen molar-refractivity contribution in [3.8, 4) is 0 Å². The Morgan fingerprint density at radius 3 is 2.37 bits per heavy atom. The fourth-order valence-electron chi connectivity index (χ4n) is 3.15. The van der Waals surface area contributed by atoms with Gasteiger partial charge in [-0.05, 0) is 12.8 Å². The van der Waals surface area contributed by atoms with E-state index in [2.05, 4.69) is 0 Å². The van der Waals surface area contributed by atoms with Crippen LogP contribution in [0.15, 0.2) is 0 Å². The van der Waals surface area contributed by atoms with Crippen molar-refractivity contribution in [1.82, 2.24) is 4.90 Å². The van der Waals surface area contributed by atoms with Gasteiger partial charge in [-0.1, -0.05) is 20.8 Å². The first-order valence-electron chi connectivity index (χ1n) is 7.05. The molecule has 0 saturated carbocycles. The van der Waals surface area contributed by atoms with E-state index in [1.165, 1.54) is 0 Å². The number of Topliss-reactive ketones (excluding diaryl/α,β-unsaturated/α-hetero) is 1. The van der Waals surface area contributed by atoms with Crippen LogP contribution in [0.1, 0.15) is 40.0 Å². The number of piperidine rings is 1. The molecular weight excluding hydrogens is 246 g/mol. The number of aliphatic hydroxyl groups is 3. The largest absolute Gasteiger partial charge is 0.391 e. The Labute approximate surface area is 114 Å². The normalized spacial score (nSPS) is 40.2. The summed E-state index contributed by atoms with van der Waals surface area (Å²) in [5.41, 5.74) is -0.373. The maximum atomic E-state index is 12.2. The molecule has 0 bridgehead atoms. The van der Waals surface area contributed by atoms with Crippen molar-refractivity contribution in [2.45, 2.75) is 70.4 Å². The number of nitrogens with zero attached hydrogens (tertiary/aromatic N) is 1.